The van der Waals surface area contributed by atoms with Gasteiger partial charge in [0.05, 0.1) is 18.3 Å². The topological polar surface area (TPSA) is 61.6 Å². The van der Waals surface area contributed by atoms with Crippen molar-refractivity contribution in [2.45, 2.75) is 56.5 Å². The summed E-state index contributed by atoms with van der Waals surface area (Å²) in [5.74, 6) is 2.03. The van der Waals surface area contributed by atoms with Gasteiger partial charge in [-0.05, 0) is 24.2 Å². The van der Waals surface area contributed by atoms with Gasteiger partial charge in [-0.3, -0.25) is 14.6 Å². The Morgan fingerprint density at radius 1 is 1.15 bits per heavy atom. The molecule has 1 N–H and O–H groups in total. The fourth-order valence-corrected chi connectivity index (χ4v) is 5.44. The van der Waals surface area contributed by atoms with Crippen LogP contribution in [0.1, 0.15) is 36.9 Å². The zero-order valence-corrected chi connectivity index (χ0v) is 16.3. The van der Waals surface area contributed by atoms with Crippen molar-refractivity contribution >= 4 is 11.8 Å². The lowest BCUT2D eigenvalue weighted by Crippen LogP contribution is -2.54. The molecule has 0 spiro atoms. The molecule has 0 amide bonds. The van der Waals surface area contributed by atoms with Gasteiger partial charge in [-0.15, -0.1) is 0 Å². The number of piperazine rings is 1. The fourth-order valence-electron chi connectivity index (χ4n) is 4.49. The number of aliphatic hydroxyl groups excluding tert-OH is 1. The normalized spacial score (nSPS) is 28.0. The molecule has 26 heavy (non-hydrogen) atoms. The van der Waals surface area contributed by atoms with Crippen molar-refractivity contribution < 1.29 is 5.11 Å². The first-order valence-electron chi connectivity index (χ1n) is 10.0. The molecule has 3 heterocycles. The van der Waals surface area contributed by atoms with Gasteiger partial charge in [0.2, 0.25) is 0 Å². The highest BCUT2D eigenvalue weighted by Crippen LogP contribution is 2.24. The summed E-state index contributed by atoms with van der Waals surface area (Å²) in [6.07, 6.45) is 5.32. The van der Waals surface area contributed by atoms with E-state index in [4.69, 9.17) is 0 Å². The number of rotatable bonds is 4. The molecule has 1 aromatic rings. The Kier molecular flexibility index (Phi) is 5.98. The lowest BCUT2D eigenvalue weighted by molar-refractivity contribution is -0.00405. The SMILES string of the molecule is O=c1cc2c(nn1CCN1CCN(C3CCCCC3O)CC1)CCSC2. The molecule has 2 atom stereocenters. The van der Waals surface area contributed by atoms with Crippen LogP contribution in [0, 0.1) is 0 Å². The van der Waals surface area contributed by atoms with Gasteiger partial charge in [0, 0.05) is 57.0 Å². The largest absolute Gasteiger partial charge is 0.391 e. The lowest BCUT2D eigenvalue weighted by Gasteiger charge is -2.42. The van der Waals surface area contributed by atoms with Crippen molar-refractivity contribution in [2.75, 3.05) is 38.5 Å². The van der Waals surface area contributed by atoms with Crippen molar-refractivity contribution in [1.29, 1.82) is 0 Å². The van der Waals surface area contributed by atoms with E-state index >= 15 is 0 Å². The Bertz CT molecular complexity index is 672. The van der Waals surface area contributed by atoms with E-state index in [0.29, 0.717) is 12.6 Å². The molecule has 0 radical (unpaired) electrons. The summed E-state index contributed by atoms with van der Waals surface area (Å²) in [5.41, 5.74) is 2.27. The molecule has 7 heteroatoms. The third-order valence-corrected chi connectivity index (χ3v) is 7.11. The highest BCUT2D eigenvalue weighted by atomic mass is 32.2. The van der Waals surface area contributed by atoms with Gasteiger partial charge >= 0.3 is 0 Å². The van der Waals surface area contributed by atoms with Crippen molar-refractivity contribution in [3.63, 3.8) is 0 Å². The van der Waals surface area contributed by atoms with Gasteiger partial charge in [0.1, 0.15) is 0 Å². The van der Waals surface area contributed by atoms with Crippen LogP contribution in [0.15, 0.2) is 10.9 Å². The van der Waals surface area contributed by atoms with Crippen molar-refractivity contribution in [3.05, 3.63) is 27.7 Å². The molecule has 2 unspecified atom stereocenters. The number of aliphatic hydroxyl groups is 1. The van der Waals surface area contributed by atoms with Gasteiger partial charge < -0.3 is 5.11 Å². The van der Waals surface area contributed by atoms with Crippen LogP contribution in [-0.4, -0.2) is 75.3 Å². The van der Waals surface area contributed by atoms with Crippen molar-refractivity contribution in [2.24, 2.45) is 0 Å². The smallest absolute Gasteiger partial charge is 0.267 e. The van der Waals surface area contributed by atoms with Gasteiger partial charge in [0.15, 0.2) is 0 Å². The first-order valence-corrected chi connectivity index (χ1v) is 11.2. The molecule has 1 aliphatic carbocycles. The second kappa shape index (κ2) is 8.42. The minimum absolute atomic E-state index is 0.0372. The Morgan fingerprint density at radius 2 is 1.96 bits per heavy atom. The van der Waals surface area contributed by atoms with Crippen LogP contribution in [0.5, 0.6) is 0 Å². The van der Waals surface area contributed by atoms with Gasteiger partial charge in [-0.2, -0.15) is 16.9 Å². The van der Waals surface area contributed by atoms with Crippen LogP contribution in [0.4, 0.5) is 0 Å². The van der Waals surface area contributed by atoms with Crippen molar-refractivity contribution in [3.8, 4) is 0 Å². The number of hydrogen-bond donors (Lipinski definition) is 1. The fraction of sp³-hybridized carbons (Fsp3) is 0.789. The molecule has 2 aliphatic heterocycles. The molecule has 0 bridgehead atoms. The Labute approximate surface area is 159 Å². The number of aromatic nitrogens is 2. The molecule has 144 valence electrons. The highest BCUT2D eigenvalue weighted by Gasteiger charge is 2.30. The quantitative estimate of drug-likeness (QED) is 0.842. The maximum Gasteiger partial charge on any atom is 0.267 e. The number of thioether (sulfide) groups is 1. The monoisotopic (exact) mass is 378 g/mol. The van der Waals surface area contributed by atoms with E-state index in [0.717, 1.165) is 74.7 Å². The van der Waals surface area contributed by atoms with Gasteiger partial charge in [-0.1, -0.05) is 12.8 Å². The third kappa shape index (κ3) is 4.16. The first-order chi connectivity index (χ1) is 12.7. The summed E-state index contributed by atoms with van der Waals surface area (Å²) < 4.78 is 1.66. The van der Waals surface area contributed by atoms with E-state index in [1.165, 1.54) is 12.8 Å². The number of hydrogen-bond acceptors (Lipinski definition) is 6. The van der Waals surface area contributed by atoms with Crippen LogP contribution in [0.3, 0.4) is 0 Å². The maximum atomic E-state index is 12.3. The molecule has 3 aliphatic rings. The van der Waals surface area contributed by atoms with Crippen LogP contribution >= 0.6 is 11.8 Å². The maximum absolute atomic E-state index is 12.3. The molecule has 4 rings (SSSR count). The number of nitrogens with zero attached hydrogens (tertiary/aromatic N) is 4. The molecule has 0 aromatic carbocycles. The predicted molar refractivity (Wildman–Crippen MR) is 105 cm³/mol. The first kappa shape index (κ1) is 18.5. The Morgan fingerprint density at radius 3 is 2.77 bits per heavy atom. The second-order valence-corrected chi connectivity index (χ2v) is 8.88. The van der Waals surface area contributed by atoms with E-state index in [1.807, 2.05) is 11.8 Å². The minimum atomic E-state index is -0.147. The highest BCUT2D eigenvalue weighted by molar-refractivity contribution is 7.98. The van der Waals surface area contributed by atoms with Crippen LogP contribution in [-0.2, 0) is 18.7 Å². The summed E-state index contributed by atoms with van der Waals surface area (Å²) >= 11 is 1.88. The summed E-state index contributed by atoms with van der Waals surface area (Å²) in [7, 11) is 0. The van der Waals surface area contributed by atoms with Gasteiger partial charge in [0.25, 0.3) is 5.56 Å². The number of aryl methyl sites for hydroxylation is 1. The summed E-state index contributed by atoms with van der Waals surface area (Å²) in [5, 5.41) is 14.9. The number of fused-ring (bicyclic) bond motifs is 1. The third-order valence-electron chi connectivity index (χ3n) is 6.10. The second-order valence-electron chi connectivity index (χ2n) is 7.78. The van der Waals surface area contributed by atoms with Crippen LogP contribution < -0.4 is 5.56 Å². The molecular weight excluding hydrogens is 348 g/mol. The van der Waals surface area contributed by atoms with Gasteiger partial charge in [-0.25, -0.2) is 4.68 Å². The van der Waals surface area contributed by atoms with E-state index < -0.39 is 0 Å². The van der Waals surface area contributed by atoms with E-state index in [-0.39, 0.29) is 11.7 Å². The zero-order valence-electron chi connectivity index (χ0n) is 15.5. The molecule has 1 saturated heterocycles. The average Bonchev–Trinajstić information content (AvgIpc) is 2.67. The zero-order chi connectivity index (χ0) is 17.9. The van der Waals surface area contributed by atoms with E-state index in [2.05, 4.69) is 14.9 Å². The molecular formula is C19H30N4O2S. The van der Waals surface area contributed by atoms with E-state index in [9.17, 15) is 9.90 Å². The molecule has 1 aromatic heterocycles. The lowest BCUT2D eigenvalue weighted by atomic mass is 9.91. The van der Waals surface area contributed by atoms with E-state index in [1.54, 1.807) is 10.7 Å². The predicted octanol–water partition coefficient (Wildman–Crippen LogP) is 0.954. The molecule has 6 nitrogen and oxygen atoms in total. The van der Waals surface area contributed by atoms with Crippen molar-refractivity contribution in [1.82, 2.24) is 19.6 Å². The molecule has 2 fully saturated rings. The Balaban J connectivity index is 1.29. The standard InChI is InChI=1S/C19H30N4O2S/c24-18-4-2-1-3-17(18)22-9-6-21(7-10-22)8-11-23-19(25)13-15-14-26-12-5-16(15)20-23/h13,17-18,24H,1-12,14H2. The summed E-state index contributed by atoms with van der Waals surface area (Å²) in [6.45, 7) is 5.61. The summed E-state index contributed by atoms with van der Waals surface area (Å²) in [6, 6.07) is 2.14. The summed E-state index contributed by atoms with van der Waals surface area (Å²) in [4.78, 5) is 17.2. The minimum Gasteiger partial charge on any atom is -0.391 e. The van der Waals surface area contributed by atoms with Crippen LogP contribution in [0.25, 0.3) is 0 Å². The molecule has 1 saturated carbocycles. The van der Waals surface area contributed by atoms with Crippen LogP contribution in [0.2, 0.25) is 0 Å². The average molecular weight is 379 g/mol. The Hall–Kier alpha value is -0.890.